The van der Waals surface area contributed by atoms with Gasteiger partial charge in [0.25, 0.3) is 0 Å². The Morgan fingerprint density at radius 1 is 0.906 bits per heavy atom. The summed E-state index contributed by atoms with van der Waals surface area (Å²) in [5.74, 6) is 2.40. The molecule has 0 radical (unpaired) electrons. The minimum atomic E-state index is 0.307. The fraction of sp³-hybridized carbons (Fsp3) is 0.308. The van der Waals surface area contributed by atoms with Gasteiger partial charge in [0.1, 0.15) is 28.9 Å². The molecule has 6 heteroatoms. The molecule has 3 aromatic rings. The summed E-state index contributed by atoms with van der Waals surface area (Å²) in [5.41, 5.74) is 2.82. The van der Waals surface area contributed by atoms with Crippen molar-refractivity contribution in [2.45, 2.75) is 26.7 Å². The summed E-state index contributed by atoms with van der Waals surface area (Å²) in [7, 11) is 3.26. The monoisotopic (exact) mass is 431 g/mol. The summed E-state index contributed by atoms with van der Waals surface area (Å²) >= 11 is 0. The van der Waals surface area contributed by atoms with Gasteiger partial charge in [0.15, 0.2) is 0 Å². The molecule has 0 saturated heterocycles. The molecule has 3 rings (SSSR count). The summed E-state index contributed by atoms with van der Waals surface area (Å²) < 4.78 is 16.8. The van der Waals surface area contributed by atoms with Gasteiger partial charge in [-0.05, 0) is 54.8 Å². The summed E-state index contributed by atoms with van der Waals surface area (Å²) in [4.78, 5) is 6.72. The number of methoxy groups -OCH3 is 2. The van der Waals surface area contributed by atoms with E-state index in [1.54, 1.807) is 20.6 Å². The van der Waals surface area contributed by atoms with E-state index >= 15 is 0 Å². The van der Waals surface area contributed by atoms with E-state index in [1.165, 1.54) is 0 Å². The van der Waals surface area contributed by atoms with Crippen LogP contribution in [-0.4, -0.2) is 38.5 Å². The quantitative estimate of drug-likeness (QED) is 0.279. The van der Waals surface area contributed by atoms with Gasteiger partial charge in [-0.2, -0.15) is 5.26 Å². The number of furan rings is 1. The van der Waals surface area contributed by atoms with Crippen molar-refractivity contribution >= 4 is 12.2 Å². The van der Waals surface area contributed by atoms with Gasteiger partial charge >= 0.3 is 0 Å². The number of nitriles is 1. The van der Waals surface area contributed by atoms with Crippen molar-refractivity contribution in [3.63, 3.8) is 0 Å². The minimum absolute atomic E-state index is 0.307. The van der Waals surface area contributed by atoms with E-state index in [0.29, 0.717) is 22.8 Å². The number of hydrogen-bond acceptors (Lipinski definition) is 5. The van der Waals surface area contributed by atoms with E-state index in [9.17, 15) is 5.26 Å². The van der Waals surface area contributed by atoms with Crippen LogP contribution in [0.5, 0.6) is 11.5 Å². The van der Waals surface area contributed by atoms with Crippen LogP contribution in [0.15, 0.2) is 57.9 Å². The molecule has 0 aliphatic rings. The van der Waals surface area contributed by atoms with Gasteiger partial charge in [0.2, 0.25) is 5.88 Å². The number of nitrogens with zero attached hydrogens (tertiary/aromatic N) is 3. The molecule has 0 saturated carbocycles. The Morgan fingerprint density at radius 2 is 1.44 bits per heavy atom. The zero-order chi connectivity index (χ0) is 22.9. The van der Waals surface area contributed by atoms with Crippen molar-refractivity contribution < 1.29 is 13.9 Å². The van der Waals surface area contributed by atoms with Crippen LogP contribution < -0.4 is 9.47 Å². The standard InChI is InChI=1S/C26H29N3O3/c1-5-15-29(16-6-2)18-28-26-23(17-27)24(19-7-11-21(30-3)12-8-19)25(32-26)20-9-13-22(31-4)14-10-20/h7-14,18H,5-6,15-16H2,1-4H3/b28-18+. The van der Waals surface area contributed by atoms with Crippen molar-refractivity contribution in [3.05, 3.63) is 54.1 Å². The van der Waals surface area contributed by atoms with Gasteiger partial charge in [0, 0.05) is 24.2 Å². The average Bonchev–Trinajstić information content (AvgIpc) is 3.21. The lowest BCUT2D eigenvalue weighted by atomic mass is 9.98. The summed E-state index contributed by atoms with van der Waals surface area (Å²) in [6, 6.07) is 17.5. The van der Waals surface area contributed by atoms with Gasteiger partial charge in [0.05, 0.1) is 20.6 Å². The highest BCUT2D eigenvalue weighted by Gasteiger charge is 2.23. The third-order valence-electron chi connectivity index (χ3n) is 5.09. The molecule has 0 aliphatic carbocycles. The van der Waals surface area contributed by atoms with Crippen LogP contribution in [-0.2, 0) is 0 Å². The normalized spacial score (nSPS) is 10.8. The van der Waals surface area contributed by atoms with E-state index in [4.69, 9.17) is 13.9 Å². The predicted molar refractivity (Wildman–Crippen MR) is 128 cm³/mol. The van der Waals surface area contributed by atoms with E-state index < -0.39 is 0 Å². The number of ether oxygens (including phenoxy) is 2. The smallest absolute Gasteiger partial charge is 0.239 e. The van der Waals surface area contributed by atoms with Gasteiger partial charge < -0.3 is 18.8 Å². The first-order valence-electron chi connectivity index (χ1n) is 10.8. The molecule has 32 heavy (non-hydrogen) atoms. The number of rotatable bonds is 10. The molecule has 0 atom stereocenters. The lowest BCUT2D eigenvalue weighted by molar-refractivity contribution is 0.414. The van der Waals surface area contributed by atoms with E-state index in [0.717, 1.165) is 48.6 Å². The molecule has 0 bridgehead atoms. The van der Waals surface area contributed by atoms with Crippen LogP contribution >= 0.6 is 0 Å². The van der Waals surface area contributed by atoms with E-state index in [-0.39, 0.29) is 0 Å². The van der Waals surface area contributed by atoms with Crippen molar-refractivity contribution in [1.29, 1.82) is 5.26 Å². The SMILES string of the molecule is CCCN(/C=N/c1oc(-c2ccc(OC)cc2)c(-c2ccc(OC)cc2)c1C#N)CCC. The summed E-state index contributed by atoms with van der Waals surface area (Å²) in [5, 5.41) is 10.0. The Labute approximate surface area is 189 Å². The fourth-order valence-corrected chi connectivity index (χ4v) is 3.53. The van der Waals surface area contributed by atoms with Crippen LogP contribution in [0, 0.1) is 11.3 Å². The Kier molecular flexibility index (Phi) is 7.93. The number of benzene rings is 2. The molecule has 0 aliphatic heterocycles. The topological polar surface area (TPSA) is 71.0 Å². The fourth-order valence-electron chi connectivity index (χ4n) is 3.53. The highest BCUT2D eigenvalue weighted by Crippen LogP contribution is 2.43. The highest BCUT2D eigenvalue weighted by atomic mass is 16.5. The predicted octanol–water partition coefficient (Wildman–Crippen LogP) is 6.28. The molecule has 0 fully saturated rings. The molecular weight excluding hydrogens is 402 g/mol. The van der Waals surface area contributed by atoms with Gasteiger partial charge in [-0.25, -0.2) is 4.99 Å². The molecule has 1 aromatic heterocycles. The lowest BCUT2D eigenvalue weighted by Gasteiger charge is -2.16. The second-order valence-electron chi connectivity index (χ2n) is 7.34. The van der Waals surface area contributed by atoms with Crippen LogP contribution in [0.1, 0.15) is 32.3 Å². The highest BCUT2D eigenvalue weighted by molar-refractivity contribution is 5.88. The molecular formula is C26H29N3O3. The molecule has 2 aromatic carbocycles. The first-order chi connectivity index (χ1) is 15.6. The van der Waals surface area contributed by atoms with Crippen molar-refractivity contribution in [2.24, 2.45) is 4.99 Å². The molecule has 1 heterocycles. The van der Waals surface area contributed by atoms with E-state index in [2.05, 4.69) is 29.8 Å². The second-order valence-corrected chi connectivity index (χ2v) is 7.34. The number of hydrogen-bond donors (Lipinski definition) is 0. The maximum Gasteiger partial charge on any atom is 0.239 e. The number of aliphatic imine (C=N–C) groups is 1. The maximum atomic E-state index is 10.0. The van der Waals surface area contributed by atoms with Crippen molar-refractivity contribution in [3.8, 4) is 40.0 Å². The van der Waals surface area contributed by atoms with Crippen LogP contribution in [0.25, 0.3) is 22.5 Å². The molecule has 0 amide bonds. The van der Waals surface area contributed by atoms with E-state index in [1.807, 2.05) is 48.5 Å². The average molecular weight is 432 g/mol. The van der Waals surface area contributed by atoms with Gasteiger partial charge in [-0.3, -0.25) is 0 Å². The lowest BCUT2D eigenvalue weighted by Crippen LogP contribution is -2.23. The Hall–Kier alpha value is -3.72. The first kappa shape index (κ1) is 23.0. The Morgan fingerprint density at radius 3 is 1.91 bits per heavy atom. The van der Waals surface area contributed by atoms with Crippen molar-refractivity contribution in [1.82, 2.24) is 4.90 Å². The zero-order valence-electron chi connectivity index (χ0n) is 19.1. The van der Waals surface area contributed by atoms with Crippen molar-refractivity contribution in [2.75, 3.05) is 27.3 Å². The zero-order valence-corrected chi connectivity index (χ0v) is 19.1. The Bertz CT molecular complexity index is 1070. The van der Waals surface area contributed by atoms with Gasteiger partial charge in [-0.15, -0.1) is 0 Å². The first-order valence-corrected chi connectivity index (χ1v) is 10.8. The summed E-state index contributed by atoms with van der Waals surface area (Å²) in [6.07, 6.45) is 3.81. The molecule has 0 spiro atoms. The molecule has 0 N–H and O–H groups in total. The second kappa shape index (κ2) is 11.1. The third-order valence-corrected chi connectivity index (χ3v) is 5.09. The molecule has 166 valence electrons. The molecule has 0 unspecified atom stereocenters. The van der Waals surface area contributed by atoms with Crippen LogP contribution in [0.4, 0.5) is 5.88 Å². The van der Waals surface area contributed by atoms with Gasteiger partial charge in [-0.1, -0.05) is 26.0 Å². The maximum absolute atomic E-state index is 10.0. The Balaban J connectivity index is 2.14. The summed E-state index contributed by atoms with van der Waals surface area (Å²) in [6.45, 7) is 6.06. The largest absolute Gasteiger partial charge is 0.497 e. The van der Waals surface area contributed by atoms with Crippen LogP contribution in [0.2, 0.25) is 0 Å². The third kappa shape index (κ3) is 5.12. The molecule has 6 nitrogen and oxygen atoms in total. The van der Waals surface area contributed by atoms with Crippen LogP contribution in [0.3, 0.4) is 0 Å². The minimum Gasteiger partial charge on any atom is -0.497 e.